The average molecular weight is 217 g/mol. The van der Waals surface area contributed by atoms with E-state index in [-0.39, 0.29) is 0 Å². The van der Waals surface area contributed by atoms with Gasteiger partial charge in [-0.05, 0) is 52.0 Å². The summed E-state index contributed by atoms with van der Waals surface area (Å²) in [6, 6.07) is 2.11. The molecule has 1 fully saturated rings. The molecule has 1 aromatic rings. The Morgan fingerprint density at radius 1 is 1.25 bits per heavy atom. The highest BCUT2D eigenvalue weighted by molar-refractivity contribution is 5.98. The fourth-order valence-corrected chi connectivity index (χ4v) is 3.39. The van der Waals surface area contributed by atoms with Gasteiger partial charge in [0.1, 0.15) is 0 Å². The number of nitrogens with zero attached hydrogens (tertiary/aromatic N) is 1. The molecule has 16 heavy (non-hydrogen) atoms. The van der Waals surface area contributed by atoms with Crippen LogP contribution in [0.25, 0.3) is 0 Å². The summed E-state index contributed by atoms with van der Waals surface area (Å²) in [4.78, 5) is 11.9. The molecule has 0 radical (unpaired) electrons. The minimum Gasteiger partial charge on any atom is -0.342 e. The molecule has 2 aliphatic carbocycles. The van der Waals surface area contributed by atoms with Crippen LogP contribution in [-0.2, 0) is 12.0 Å². The lowest BCUT2D eigenvalue weighted by Crippen LogP contribution is -2.39. The topological polar surface area (TPSA) is 22.0 Å². The maximum atomic E-state index is 11.9. The van der Waals surface area contributed by atoms with Gasteiger partial charge >= 0.3 is 0 Å². The van der Waals surface area contributed by atoms with E-state index in [0.717, 1.165) is 24.8 Å². The van der Waals surface area contributed by atoms with Crippen LogP contribution in [0.1, 0.15) is 60.8 Å². The van der Waals surface area contributed by atoms with Gasteiger partial charge in [-0.25, -0.2) is 0 Å². The molecule has 0 aliphatic heterocycles. The first-order valence-electron chi connectivity index (χ1n) is 6.37. The second kappa shape index (κ2) is 3.22. The Hall–Kier alpha value is -1.05. The summed E-state index contributed by atoms with van der Waals surface area (Å²) in [5.74, 6) is 0.353. The number of Topliss-reactive ketones (excluding diaryl/α,β-unsaturated/α-hetero) is 1. The van der Waals surface area contributed by atoms with Crippen molar-refractivity contribution < 1.29 is 4.79 Å². The summed E-state index contributed by atoms with van der Waals surface area (Å²) in [5.41, 5.74) is 3.91. The smallest absolute Gasteiger partial charge is 0.164 e. The number of aryl methyl sites for hydroxylation is 1. The quantitative estimate of drug-likeness (QED) is 0.708. The molecule has 86 valence electrons. The molecule has 1 saturated carbocycles. The van der Waals surface area contributed by atoms with Gasteiger partial charge in [0.05, 0.1) is 0 Å². The van der Waals surface area contributed by atoms with Gasteiger partial charge in [0.15, 0.2) is 5.78 Å². The Morgan fingerprint density at radius 3 is 2.62 bits per heavy atom. The number of hydrogen-bond donors (Lipinski definition) is 0. The normalized spacial score (nSPS) is 22.8. The molecule has 1 heterocycles. The molecule has 0 unspecified atom stereocenters. The first kappa shape index (κ1) is 10.1. The lowest BCUT2D eigenvalue weighted by Gasteiger charge is -2.43. The van der Waals surface area contributed by atoms with E-state index in [1.165, 1.54) is 30.7 Å². The summed E-state index contributed by atoms with van der Waals surface area (Å²) in [6.07, 6.45) is 6.73. The minimum absolute atomic E-state index is 0.301. The SMILES string of the molecule is Cc1cc2c(n1C1(C)CCC1)CCCC2=O. The molecule has 2 aliphatic rings. The van der Waals surface area contributed by atoms with Crippen molar-refractivity contribution in [3.63, 3.8) is 0 Å². The van der Waals surface area contributed by atoms with Gasteiger partial charge in [-0.15, -0.1) is 0 Å². The first-order valence-corrected chi connectivity index (χ1v) is 6.37. The predicted octanol–water partition coefficient (Wildman–Crippen LogP) is 3.21. The Morgan fingerprint density at radius 2 is 2.00 bits per heavy atom. The molecule has 2 heteroatoms. The van der Waals surface area contributed by atoms with Crippen molar-refractivity contribution in [2.45, 2.75) is 57.9 Å². The summed E-state index contributed by atoms with van der Waals surface area (Å²) >= 11 is 0. The van der Waals surface area contributed by atoms with Gasteiger partial charge < -0.3 is 4.57 Å². The molecule has 0 amide bonds. The van der Waals surface area contributed by atoms with Gasteiger partial charge in [0.2, 0.25) is 0 Å². The average Bonchev–Trinajstić information content (AvgIpc) is 2.53. The van der Waals surface area contributed by atoms with Crippen molar-refractivity contribution in [2.75, 3.05) is 0 Å². The summed E-state index contributed by atoms with van der Waals surface area (Å²) in [5, 5.41) is 0. The number of aromatic nitrogens is 1. The van der Waals surface area contributed by atoms with E-state index in [1.54, 1.807) is 0 Å². The van der Waals surface area contributed by atoms with E-state index in [2.05, 4.69) is 24.5 Å². The van der Waals surface area contributed by atoms with Crippen molar-refractivity contribution in [1.29, 1.82) is 0 Å². The van der Waals surface area contributed by atoms with E-state index in [0.29, 0.717) is 11.3 Å². The molecular formula is C14H19NO. The third-order valence-electron chi connectivity index (χ3n) is 4.38. The highest BCUT2D eigenvalue weighted by atomic mass is 16.1. The maximum absolute atomic E-state index is 11.9. The van der Waals surface area contributed by atoms with Gasteiger partial charge in [0.25, 0.3) is 0 Å². The fraction of sp³-hybridized carbons (Fsp3) is 0.643. The second-order valence-corrected chi connectivity index (χ2v) is 5.61. The monoisotopic (exact) mass is 217 g/mol. The van der Waals surface area contributed by atoms with E-state index < -0.39 is 0 Å². The van der Waals surface area contributed by atoms with Gasteiger partial charge in [-0.2, -0.15) is 0 Å². The summed E-state index contributed by atoms with van der Waals surface area (Å²) < 4.78 is 2.46. The van der Waals surface area contributed by atoms with Crippen LogP contribution in [0.4, 0.5) is 0 Å². The number of carbonyl (C=O) groups is 1. The predicted molar refractivity (Wildman–Crippen MR) is 63.9 cm³/mol. The summed E-state index contributed by atoms with van der Waals surface area (Å²) in [6.45, 7) is 4.48. The second-order valence-electron chi connectivity index (χ2n) is 5.61. The largest absolute Gasteiger partial charge is 0.342 e. The van der Waals surface area contributed by atoms with Crippen molar-refractivity contribution in [1.82, 2.24) is 4.57 Å². The maximum Gasteiger partial charge on any atom is 0.164 e. The molecule has 0 atom stereocenters. The Balaban J connectivity index is 2.14. The Labute approximate surface area is 96.6 Å². The molecule has 3 rings (SSSR count). The van der Waals surface area contributed by atoms with Crippen LogP contribution in [0.3, 0.4) is 0 Å². The van der Waals surface area contributed by atoms with Gasteiger partial charge in [-0.1, -0.05) is 0 Å². The molecule has 0 bridgehead atoms. The highest BCUT2D eigenvalue weighted by Gasteiger charge is 2.37. The molecule has 0 aromatic carbocycles. The Kier molecular flexibility index (Phi) is 2.04. The van der Waals surface area contributed by atoms with Gasteiger partial charge in [-0.3, -0.25) is 4.79 Å². The summed E-state index contributed by atoms with van der Waals surface area (Å²) in [7, 11) is 0. The fourth-order valence-electron chi connectivity index (χ4n) is 3.39. The third kappa shape index (κ3) is 1.22. The van der Waals surface area contributed by atoms with Crippen LogP contribution < -0.4 is 0 Å². The van der Waals surface area contributed by atoms with Crippen LogP contribution >= 0.6 is 0 Å². The van der Waals surface area contributed by atoms with E-state index in [4.69, 9.17) is 0 Å². The van der Waals surface area contributed by atoms with E-state index in [1.807, 2.05) is 0 Å². The zero-order chi connectivity index (χ0) is 11.3. The molecular weight excluding hydrogens is 198 g/mol. The minimum atomic E-state index is 0.301. The molecule has 1 aromatic heterocycles. The first-order chi connectivity index (χ1) is 7.62. The van der Waals surface area contributed by atoms with Crippen LogP contribution in [0.15, 0.2) is 6.07 Å². The van der Waals surface area contributed by atoms with Crippen LogP contribution in [0, 0.1) is 6.92 Å². The van der Waals surface area contributed by atoms with E-state index in [9.17, 15) is 4.79 Å². The standard InChI is InChI=1S/C14H19NO/c1-10-9-11-12(5-3-6-13(11)16)15(10)14(2)7-4-8-14/h9H,3-8H2,1-2H3. The number of carbonyl (C=O) groups excluding carboxylic acids is 1. The zero-order valence-corrected chi connectivity index (χ0v) is 10.2. The van der Waals surface area contributed by atoms with Crippen molar-refractivity contribution >= 4 is 5.78 Å². The zero-order valence-electron chi connectivity index (χ0n) is 10.2. The molecule has 2 nitrogen and oxygen atoms in total. The van der Waals surface area contributed by atoms with E-state index >= 15 is 0 Å². The van der Waals surface area contributed by atoms with Gasteiger partial charge in [0, 0.05) is 28.9 Å². The van der Waals surface area contributed by atoms with Crippen molar-refractivity contribution in [3.8, 4) is 0 Å². The third-order valence-corrected chi connectivity index (χ3v) is 4.38. The number of ketones is 1. The molecule has 0 spiro atoms. The van der Waals surface area contributed by atoms with Crippen LogP contribution in [0.2, 0.25) is 0 Å². The number of rotatable bonds is 1. The highest BCUT2D eigenvalue weighted by Crippen LogP contribution is 2.42. The molecule has 0 N–H and O–H groups in total. The lowest BCUT2D eigenvalue weighted by atomic mass is 9.77. The van der Waals surface area contributed by atoms with Crippen molar-refractivity contribution in [3.05, 3.63) is 23.0 Å². The molecule has 0 saturated heterocycles. The lowest BCUT2D eigenvalue weighted by molar-refractivity contribution is 0.0968. The Bertz CT molecular complexity index is 452. The number of hydrogen-bond acceptors (Lipinski definition) is 1. The van der Waals surface area contributed by atoms with Crippen LogP contribution in [0.5, 0.6) is 0 Å². The van der Waals surface area contributed by atoms with Crippen LogP contribution in [-0.4, -0.2) is 10.4 Å². The number of fused-ring (bicyclic) bond motifs is 1. The van der Waals surface area contributed by atoms with Crippen molar-refractivity contribution in [2.24, 2.45) is 0 Å².